The molecule has 0 spiro atoms. The number of hydrogen-bond donors (Lipinski definition) is 1. The first-order chi connectivity index (χ1) is 8.13. The third-order valence-electron chi connectivity index (χ3n) is 2.88. The smallest absolute Gasteiger partial charge is 0.127 e. The molecule has 1 aliphatic heterocycles. The summed E-state index contributed by atoms with van der Waals surface area (Å²) in [6.45, 7) is 5.27. The van der Waals surface area contributed by atoms with Crippen molar-refractivity contribution in [2.45, 2.75) is 26.0 Å². The normalized spacial score (nSPS) is 22.4. The summed E-state index contributed by atoms with van der Waals surface area (Å²) in [4.78, 5) is 2.23. The average molecular weight is 239 g/mol. The number of benzene rings is 1. The van der Waals surface area contributed by atoms with E-state index in [1.165, 1.54) is 6.07 Å². The lowest BCUT2D eigenvalue weighted by atomic mass is 10.2. The van der Waals surface area contributed by atoms with Gasteiger partial charge < -0.3 is 9.84 Å². The number of halogens is 1. The second kappa shape index (κ2) is 5.47. The van der Waals surface area contributed by atoms with Gasteiger partial charge in [-0.05, 0) is 31.0 Å². The fraction of sp³-hybridized carbons (Fsp3) is 0.538. The Morgan fingerprint density at radius 3 is 3.06 bits per heavy atom. The van der Waals surface area contributed by atoms with E-state index < -0.39 is 0 Å². The number of phenolic OH excluding ortho intramolecular Hbond substituents is 1. The molecule has 3 nitrogen and oxygen atoms in total. The molecule has 0 aliphatic carbocycles. The molecule has 1 atom stereocenters. The minimum atomic E-state index is -0.390. The van der Waals surface area contributed by atoms with Crippen molar-refractivity contribution in [3.63, 3.8) is 0 Å². The summed E-state index contributed by atoms with van der Waals surface area (Å²) < 4.78 is 18.7. The van der Waals surface area contributed by atoms with Gasteiger partial charge in [0.05, 0.1) is 6.10 Å². The van der Waals surface area contributed by atoms with Gasteiger partial charge in [-0.25, -0.2) is 4.39 Å². The van der Waals surface area contributed by atoms with Crippen LogP contribution in [-0.2, 0) is 11.3 Å². The van der Waals surface area contributed by atoms with E-state index in [1.807, 2.05) is 6.92 Å². The highest BCUT2D eigenvalue weighted by Crippen LogP contribution is 2.17. The SMILES string of the molecule is CC1CN(Cc2cc(O)cc(F)c2)CCCO1. The van der Waals surface area contributed by atoms with Crippen LogP contribution in [0.2, 0.25) is 0 Å². The first-order valence-electron chi connectivity index (χ1n) is 5.96. The Morgan fingerprint density at radius 1 is 1.47 bits per heavy atom. The maximum absolute atomic E-state index is 13.1. The first kappa shape index (κ1) is 12.3. The number of ether oxygens (including phenoxy) is 1. The Balaban J connectivity index is 2.03. The Labute approximate surface area is 101 Å². The number of hydrogen-bond acceptors (Lipinski definition) is 3. The topological polar surface area (TPSA) is 32.7 Å². The molecule has 0 aromatic heterocycles. The van der Waals surface area contributed by atoms with Crippen molar-refractivity contribution < 1.29 is 14.2 Å². The van der Waals surface area contributed by atoms with Crippen molar-refractivity contribution in [2.24, 2.45) is 0 Å². The van der Waals surface area contributed by atoms with Crippen LogP contribution in [-0.4, -0.2) is 35.8 Å². The molecule has 1 unspecified atom stereocenters. The summed E-state index contributed by atoms with van der Waals surface area (Å²) in [5.41, 5.74) is 0.802. The van der Waals surface area contributed by atoms with Crippen LogP contribution < -0.4 is 0 Å². The van der Waals surface area contributed by atoms with Crippen LogP contribution >= 0.6 is 0 Å². The summed E-state index contributed by atoms with van der Waals surface area (Å²) in [6, 6.07) is 4.20. The Hall–Kier alpha value is -1.13. The van der Waals surface area contributed by atoms with Crippen molar-refractivity contribution in [3.8, 4) is 5.75 Å². The molecule has 94 valence electrons. The van der Waals surface area contributed by atoms with Gasteiger partial charge in [0, 0.05) is 32.3 Å². The predicted molar refractivity (Wildman–Crippen MR) is 63.4 cm³/mol. The Bertz CT molecular complexity index is 363. The van der Waals surface area contributed by atoms with Crippen molar-refractivity contribution in [2.75, 3.05) is 19.7 Å². The minimum absolute atomic E-state index is 0.0147. The van der Waals surface area contributed by atoms with E-state index in [4.69, 9.17) is 4.74 Å². The zero-order chi connectivity index (χ0) is 12.3. The van der Waals surface area contributed by atoms with Crippen molar-refractivity contribution in [3.05, 3.63) is 29.6 Å². The van der Waals surface area contributed by atoms with Gasteiger partial charge in [0.2, 0.25) is 0 Å². The van der Waals surface area contributed by atoms with Crippen LogP contribution in [0.15, 0.2) is 18.2 Å². The third kappa shape index (κ3) is 3.68. The maximum atomic E-state index is 13.1. The summed E-state index contributed by atoms with van der Waals surface area (Å²) in [5.74, 6) is -0.404. The van der Waals surface area contributed by atoms with Crippen LogP contribution in [0.1, 0.15) is 18.9 Å². The molecule has 1 N–H and O–H groups in total. The molecule has 1 heterocycles. The molecule has 1 saturated heterocycles. The van der Waals surface area contributed by atoms with Gasteiger partial charge in [0.25, 0.3) is 0 Å². The van der Waals surface area contributed by atoms with Gasteiger partial charge in [-0.1, -0.05) is 0 Å². The van der Waals surface area contributed by atoms with Gasteiger partial charge in [0.15, 0.2) is 0 Å². The fourth-order valence-electron chi connectivity index (χ4n) is 2.21. The van der Waals surface area contributed by atoms with Gasteiger partial charge in [-0.3, -0.25) is 4.90 Å². The molecular weight excluding hydrogens is 221 g/mol. The summed E-state index contributed by atoms with van der Waals surface area (Å²) in [6.07, 6.45) is 1.20. The van der Waals surface area contributed by atoms with E-state index in [0.717, 1.165) is 37.7 Å². The monoisotopic (exact) mass is 239 g/mol. The van der Waals surface area contributed by atoms with Gasteiger partial charge in [-0.15, -0.1) is 0 Å². The molecule has 1 aromatic rings. The maximum Gasteiger partial charge on any atom is 0.127 e. The average Bonchev–Trinajstić information content (AvgIpc) is 2.41. The quantitative estimate of drug-likeness (QED) is 0.858. The number of rotatable bonds is 2. The molecular formula is C13H18FNO2. The molecule has 0 bridgehead atoms. The Kier molecular flexibility index (Phi) is 3.97. The van der Waals surface area contributed by atoms with Crippen LogP contribution in [0.4, 0.5) is 4.39 Å². The van der Waals surface area contributed by atoms with Gasteiger partial charge in [0.1, 0.15) is 11.6 Å². The summed E-state index contributed by atoms with van der Waals surface area (Å²) in [5, 5.41) is 9.35. The van der Waals surface area contributed by atoms with Crippen molar-refractivity contribution in [1.29, 1.82) is 0 Å². The zero-order valence-electron chi connectivity index (χ0n) is 10.0. The highest BCUT2D eigenvalue weighted by Gasteiger charge is 2.15. The van der Waals surface area contributed by atoms with Gasteiger partial charge >= 0.3 is 0 Å². The first-order valence-corrected chi connectivity index (χ1v) is 5.96. The molecule has 1 aliphatic rings. The van der Waals surface area contributed by atoms with E-state index >= 15 is 0 Å². The molecule has 17 heavy (non-hydrogen) atoms. The second-order valence-corrected chi connectivity index (χ2v) is 4.59. The highest BCUT2D eigenvalue weighted by molar-refractivity contribution is 5.28. The largest absolute Gasteiger partial charge is 0.508 e. The molecule has 1 aromatic carbocycles. The number of aromatic hydroxyl groups is 1. The number of phenols is 1. The summed E-state index contributed by atoms with van der Waals surface area (Å²) in [7, 11) is 0. The molecule has 4 heteroatoms. The van der Waals surface area contributed by atoms with Crippen LogP contribution in [0, 0.1) is 5.82 Å². The van der Waals surface area contributed by atoms with E-state index in [-0.39, 0.29) is 17.7 Å². The molecule has 2 rings (SSSR count). The van der Waals surface area contributed by atoms with Crippen molar-refractivity contribution in [1.82, 2.24) is 4.90 Å². The third-order valence-corrected chi connectivity index (χ3v) is 2.88. The fourth-order valence-corrected chi connectivity index (χ4v) is 2.21. The molecule has 0 saturated carbocycles. The van der Waals surface area contributed by atoms with E-state index in [0.29, 0.717) is 6.54 Å². The second-order valence-electron chi connectivity index (χ2n) is 4.59. The van der Waals surface area contributed by atoms with E-state index in [1.54, 1.807) is 6.07 Å². The highest BCUT2D eigenvalue weighted by atomic mass is 19.1. The van der Waals surface area contributed by atoms with Gasteiger partial charge in [-0.2, -0.15) is 0 Å². The standard InChI is InChI=1S/C13H18FNO2/c1-10-8-15(3-2-4-17-10)9-11-5-12(14)7-13(16)6-11/h5-7,10,16H,2-4,8-9H2,1H3. The Morgan fingerprint density at radius 2 is 2.29 bits per heavy atom. The number of nitrogens with zero attached hydrogens (tertiary/aromatic N) is 1. The lowest BCUT2D eigenvalue weighted by Gasteiger charge is -2.21. The zero-order valence-corrected chi connectivity index (χ0v) is 10.0. The summed E-state index contributed by atoms with van der Waals surface area (Å²) >= 11 is 0. The van der Waals surface area contributed by atoms with E-state index in [9.17, 15) is 9.50 Å². The lowest BCUT2D eigenvalue weighted by Crippen LogP contribution is -2.29. The van der Waals surface area contributed by atoms with Crippen LogP contribution in [0.5, 0.6) is 5.75 Å². The van der Waals surface area contributed by atoms with Crippen molar-refractivity contribution >= 4 is 0 Å². The predicted octanol–water partition coefficient (Wildman–Crippen LogP) is 2.14. The van der Waals surface area contributed by atoms with Crippen LogP contribution in [0.25, 0.3) is 0 Å². The molecule has 1 fully saturated rings. The van der Waals surface area contributed by atoms with E-state index in [2.05, 4.69) is 4.90 Å². The lowest BCUT2D eigenvalue weighted by molar-refractivity contribution is 0.0668. The van der Waals surface area contributed by atoms with Crippen LogP contribution in [0.3, 0.4) is 0 Å². The molecule has 0 radical (unpaired) electrons. The minimum Gasteiger partial charge on any atom is -0.508 e. The molecule has 0 amide bonds.